The molecule has 2 heteroatoms. The van der Waals surface area contributed by atoms with Crippen molar-refractivity contribution in [3.05, 3.63) is 48.2 Å². The van der Waals surface area contributed by atoms with Gasteiger partial charge >= 0.3 is 0 Å². The van der Waals surface area contributed by atoms with Crippen LogP contribution in [0.15, 0.2) is 42.5 Å². The number of ether oxygens (including phenoxy) is 1. The van der Waals surface area contributed by atoms with Crippen LogP contribution in [0.5, 0.6) is 5.75 Å². The fourth-order valence-electron chi connectivity index (χ4n) is 2.06. The summed E-state index contributed by atoms with van der Waals surface area (Å²) in [6, 6.07) is 13.0. The first-order valence-corrected chi connectivity index (χ1v) is 5.37. The van der Waals surface area contributed by atoms with E-state index < -0.39 is 6.85 Å². The molecular weight excluding hydrogens is 210 g/mol. The smallest absolute Gasteiger partial charge is 0.121 e. The minimum absolute atomic E-state index is 0.133. The molecule has 0 atom stereocenters. The molecule has 0 amide bonds. The molecule has 1 aromatic heterocycles. The van der Waals surface area contributed by atoms with Gasteiger partial charge in [0.1, 0.15) is 5.75 Å². The Morgan fingerprint density at radius 3 is 2.65 bits per heavy atom. The summed E-state index contributed by atoms with van der Waals surface area (Å²) in [6.07, 6.45) is 0. The zero-order valence-electron chi connectivity index (χ0n) is 12.4. The van der Waals surface area contributed by atoms with Crippen molar-refractivity contribution in [2.45, 2.75) is 6.85 Å². The summed E-state index contributed by atoms with van der Waals surface area (Å²) in [4.78, 5) is 4.34. The van der Waals surface area contributed by atoms with Gasteiger partial charge in [-0.25, -0.2) is 0 Å². The van der Waals surface area contributed by atoms with Crippen molar-refractivity contribution in [3.8, 4) is 5.75 Å². The zero-order chi connectivity index (χ0) is 14.3. The number of methoxy groups -OCH3 is 1. The van der Waals surface area contributed by atoms with Gasteiger partial charge in [0.05, 0.1) is 12.6 Å². The number of aryl methyl sites for hydroxylation is 1. The lowest BCUT2D eigenvalue weighted by atomic mass is 10.0. The second-order valence-electron chi connectivity index (χ2n) is 3.89. The number of fused-ring (bicyclic) bond motifs is 3. The minimum Gasteiger partial charge on any atom is -0.497 e. The van der Waals surface area contributed by atoms with E-state index in [2.05, 4.69) is 4.98 Å². The molecule has 2 aromatic carbocycles. The van der Waals surface area contributed by atoms with Crippen molar-refractivity contribution in [1.82, 2.24) is 4.98 Å². The number of aromatic nitrogens is 1. The van der Waals surface area contributed by atoms with E-state index in [4.69, 9.17) is 8.85 Å². The van der Waals surface area contributed by atoms with E-state index in [-0.39, 0.29) is 5.69 Å². The normalized spacial score (nSPS) is 14.3. The van der Waals surface area contributed by atoms with E-state index >= 15 is 0 Å². The molecule has 0 aliphatic carbocycles. The maximum atomic E-state index is 7.67. The van der Waals surface area contributed by atoms with Crippen LogP contribution in [0.1, 0.15) is 9.81 Å². The van der Waals surface area contributed by atoms with Crippen molar-refractivity contribution in [3.63, 3.8) is 0 Å². The van der Waals surface area contributed by atoms with Crippen LogP contribution in [-0.2, 0) is 0 Å². The summed E-state index contributed by atoms with van der Waals surface area (Å²) >= 11 is 0. The van der Waals surface area contributed by atoms with Gasteiger partial charge in [-0.3, -0.25) is 4.98 Å². The van der Waals surface area contributed by atoms with Gasteiger partial charge < -0.3 is 4.74 Å². The first-order chi connectivity index (χ1) is 9.50. The molecule has 0 spiro atoms. The number of pyridine rings is 1. The number of hydrogen-bond acceptors (Lipinski definition) is 2. The fraction of sp³-hybridized carbons (Fsp3) is 0.133. The summed E-state index contributed by atoms with van der Waals surface area (Å²) in [5.74, 6) is 0.664. The topological polar surface area (TPSA) is 22.1 Å². The average molecular weight is 226 g/mol. The molecule has 0 aliphatic rings. The van der Waals surface area contributed by atoms with Crippen molar-refractivity contribution < 1.29 is 8.85 Å². The Bertz CT molecular complexity index is 796. The number of benzene rings is 2. The summed E-state index contributed by atoms with van der Waals surface area (Å²) in [5, 5.41) is 2.49. The molecule has 84 valence electrons. The number of hydrogen-bond donors (Lipinski definition) is 0. The molecule has 0 saturated heterocycles. The average Bonchev–Trinajstić information content (AvgIpc) is 2.44. The molecule has 0 N–H and O–H groups in total. The predicted octanol–water partition coefficient (Wildman–Crippen LogP) is 3.71. The van der Waals surface area contributed by atoms with Crippen LogP contribution in [-0.4, -0.2) is 12.1 Å². The third-order valence-electron chi connectivity index (χ3n) is 2.91. The highest BCUT2D eigenvalue weighted by Gasteiger charge is 2.05. The van der Waals surface area contributed by atoms with E-state index in [1.807, 2.05) is 30.3 Å². The Balaban J connectivity index is 2.48. The van der Waals surface area contributed by atoms with Crippen LogP contribution >= 0.6 is 0 Å². The Morgan fingerprint density at radius 1 is 1.06 bits per heavy atom. The Kier molecular flexibility index (Phi) is 1.60. The first kappa shape index (κ1) is 7.28. The first-order valence-electron chi connectivity index (χ1n) is 6.87. The van der Waals surface area contributed by atoms with Crippen LogP contribution < -0.4 is 4.74 Å². The molecule has 3 rings (SSSR count). The van der Waals surface area contributed by atoms with E-state index in [1.54, 1.807) is 19.2 Å². The number of nitrogens with zero attached hydrogens (tertiary/aromatic N) is 1. The highest BCUT2D eigenvalue weighted by molar-refractivity contribution is 6.06. The van der Waals surface area contributed by atoms with E-state index in [1.165, 1.54) is 0 Å². The molecule has 2 nitrogen and oxygen atoms in total. The maximum absolute atomic E-state index is 7.67. The number of rotatable bonds is 1. The molecule has 17 heavy (non-hydrogen) atoms. The lowest BCUT2D eigenvalue weighted by Crippen LogP contribution is -1.89. The van der Waals surface area contributed by atoms with Gasteiger partial charge in [-0.05, 0) is 24.4 Å². The molecule has 0 saturated carbocycles. The lowest BCUT2D eigenvalue weighted by molar-refractivity contribution is 0.415. The van der Waals surface area contributed by atoms with Crippen LogP contribution in [0, 0.1) is 6.85 Å². The van der Waals surface area contributed by atoms with Gasteiger partial charge in [0.25, 0.3) is 0 Å². The highest BCUT2D eigenvalue weighted by atomic mass is 16.5. The SMILES string of the molecule is [2H]C([2H])([2H])c1nc2cc(OC)ccc2c2ccccc12. The molecule has 0 fully saturated rings. The summed E-state index contributed by atoms with van der Waals surface area (Å²) in [5.41, 5.74) is 0.767. The highest BCUT2D eigenvalue weighted by Crippen LogP contribution is 2.28. The lowest BCUT2D eigenvalue weighted by Gasteiger charge is -2.07. The van der Waals surface area contributed by atoms with Gasteiger partial charge in [-0.2, -0.15) is 0 Å². The molecule has 0 unspecified atom stereocenters. The quantitative estimate of drug-likeness (QED) is 0.590. The minimum atomic E-state index is -2.24. The van der Waals surface area contributed by atoms with Gasteiger partial charge in [0, 0.05) is 26.6 Å². The van der Waals surface area contributed by atoms with Gasteiger partial charge in [-0.15, -0.1) is 0 Å². The van der Waals surface area contributed by atoms with Gasteiger partial charge in [0.15, 0.2) is 0 Å². The predicted molar refractivity (Wildman–Crippen MR) is 70.5 cm³/mol. The molecule has 0 bridgehead atoms. The Morgan fingerprint density at radius 2 is 1.88 bits per heavy atom. The second kappa shape index (κ2) is 3.74. The molecular formula is C15H13NO. The standard InChI is InChI=1S/C15H13NO/c1-10-12-5-3-4-6-13(12)14-8-7-11(17-2)9-15(14)16-10/h3-9H,1-2H3/i1D3. The summed E-state index contributed by atoms with van der Waals surface area (Å²) in [7, 11) is 1.58. The van der Waals surface area contributed by atoms with Crippen molar-refractivity contribution in [1.29, 1.82) is 0 Å². The van der Waals surface area contributed by atoms with E-state index in [0.717, 1.165) is 10.8 Å². The maximum Gasteiger partial charge on any atom is 0.121 e. The molecule has 3 aromatic rings. The van der Waals surface area contributed by atoms with Crippen LogP contribution in [0.2, 0.25) is 0 Å². The Hall–Kier alpha value is -2.09. The fourth-order valence-corrected chi connectivity index (χ4v) is 2.06. The molecule has 1 heterocycles. The van der Waals surface area contributed by atoms with E-state index in [9.17, 15) is 0 Å². The summed E-state index contributed by atoms with van der Waals surface area (Å²) < 4.78 is 28.2. The monoisotopic (exact) mass is 226 g/mol. The summed E-state index contributed by atoms with van der Waals surface area (Å²) in [6.45, 7) is -2.24. The second-order valence-corrected chi connectivity index (χ2v) is 3.89. The van der Waals surface area contributed by atoms with Crippen LogP contribution in [0.3, 0.4) is 0 Å². The van der Waals surface area contributed by atoms with Crippen molar-refractivity contribution in [2.75, 3.05) is 7.11 Å². The molecule has 0 radical (unpaired) electrons. The van der Waals surface area contributed by atoms with E-state index in [0.29, 0.717) is 16.7 Å². The zero-order valence-corrected chi connectivity index (χ0v) is 9.40. The third kappa shape index (κ3) is 1.53. The van der Waals surface area contributed by atoms with Crippen molar-refractivity contribution >= 4 is 21.7 Å². The molecule has 0 aliphatic heterocycles. The third-order valence-corrected chi connectivity index (χ3v) is 2.91. The van der Waals surface area contributed by atoms with Crippen molar-refractivity contribution in [2.24, 2.45) is 0 Å². The Labute approximate surface area is 104 Å². The van der Waals surface area contributed by atoms with Crippen LogP contribution in [0.25, 0.3) is 21.7 Å². The van der Waals surface area contributed by atoms with Crippen LogP contribution in [0.4, 0.5) is 0 Å². The largest absolute Gasteiger partial charge is 0.497 e. The van der Waals surface area contributed by atoms with Gasteiger partial charge in [-0.1, -0.05) is 24.3 Å². The van der Waals surface area contributed by atoms with Gasteiger partial charge in [0.2, 0.25) is 0 Å².